The second-order valence-electron chi connectivity index (χ2n) is 6.82. The van der Waals surface area contributed by atoms with Crippen molar-refractivity contribution in [2.75, 3.05) is 11.9 Å². The zero-order chi connectivity index (χ0) is 18.9. The number of aromatic amines is 1. The number of benzene rings is 2. The maximum absolute atomic E-state index is 12.8. The average Bonchev–Trinajstić information content (AvgIpc) is 3.38. The van der Waals surface area contributed by atoms with Crippen LogP contribution in [0.5, 0.6) is 0 Å². The first-order chi connectivity index (χ1) is 13.1. The van der Waals surface area contributed by atoms with Gasteiger partial charge in [0.1, 0.15) is 6.04 Å². The van der Waals surface area contributed by atoms with Crippen molar-refractivity contribution in [1.29, 1.82) is 0 Å². The summed E-state index contributed by atoms with van der Waals surface area (Å²) in [6, 6.07) is 13.8. The Morgan fingerprint density at radius 2 is 1.96 bits per heavy atom. The molecular weight excluding hydrogens is 344 g/mol. The lowest BCUT2D eigenvalue weighted by Gasteiger charge is -2.21. The van der Waals surface area contributed by atoms with Crippen LogP contribution in [0.25, 0.3) is 10.9 Å². The number of carbonyl (C=O) groups is 2. The number of anilines is 1. The van der Waals surface area contributed by atoms with Gasteiger partial charge >= 0.3 is 0 Å². The molecule has 1 aromatic heterocycles. The van der Waals surface area contributed by atoms with Crippen LogP contribution in [0, 0.1) is 0 Å². The molecule has 4 rings (SSSR count). The SMILES string of the molecule is O=C(Nc1ccc2cn[nH]c2c1)C(CO)NC(=O)C1(c2ccccc2)CC1. The van der Waals surface area contributed by atoms with Gasteiger partial charge < -0.3 is 15.7 Å². The minimum absolute atomic E-state index is 0.230. The molecule has 27 heavy (non-hydrogen) atoms. The van der Waals surface area contributed by atoms with Gasteiger partial charge in [-0.1, -0.05) is 30.3 Å². The molecule has 0 aliphatic heterocycles. The van der Waals surface area contributed by atoms with Crippen molar-refractivity contribution < 1.29 is 14.7 Å². The van der Waals surface area contributed by atoms with Crippen LogP contribution in [0.15, 0.2) is 54.7 Å². The van der Waals surface area contributed by atoms with Gasteiger partial charge in [0.05, 0.1) is 23.7 Å². The van der Waals surface area contributed by atoms with E-state index in [1.807, 2.05) is 36.4 Å². The number of aliphatic hydroxyl groups is 1. The number of carbonyl (C=O) groups excluding carboxylic acids is 2. The number of H-pyrrole nitrogens is 1. The fourth-order valence-corrected chi connectivity index (χ4v) is 3.26. The Bertz CT molecular complexity index is 979. The van der Waals surface area contributed by atoms with E-state index in [2.05, 4.69) is 20.8 Å². The fraction of sp³-hybridized carbons (Fsp3) is 0.250. The highest BCUT2D eigenvalue weighted by Gasteiger charge is 2.51. The molecule has 7 heteroatoms. The first-order valence-electron chi connectivity index (χ1n) is 8.84. The van der Waals surface area contributed by atoms with Crippen molar-refractivity contribution in [2.45, 2.75) is 24.3 Å². The van der Waals surface area contributed by atoms with E-state index in [1.54, 1.807) is 18.3 Å². The zero-order valence-electron chi connectivity index (χ0n) is 14.6. The summed E-state index contributed by atoms with van der Waals surface area (Å²) in [4.78, 5) is 25.3. The van der Waals surface area contributed by atoms with E-state index in [4.69, 9.17) is 0 Å². The maximum atomic E-state index is 12.8. The van der Waals surface area contributed by atoms with Crippen LogP contribution in [-0.2, 0) is 15.0 Å². The Kier molecular flexibility index (Phi) is 4.37. The molecule has 2 amide bonds. The van der Waals surface area contributed by atoms with Crippen molar-refractivity contribution in [3.05, 3.63) is 60.3 Å². The van der Waals surface area contributed by atoms with E-state index in [1.165, 1.54) is 0 Å². The largest absolute Gasteiger partial charge is 0.394 e. The monoisotopic (exact) mass is 364 g/mol. The van der Waals surface area contributed by atoms with Crippen LogP contribution >= 0.6 is 0 Å². The molecular formula is C20H20N4O3. The second kappa shape index (κ2) is 6.85. The molecule has 7 nitrogen and oxygen atoms in total. The summed E-state index contributed by atoms with van der Waals surface area (Å²) in [7, 11) is 0. The number of amides is 2. The molecule has 0 bridgehead atoms. The molecule has 1 saturated carbocycles. The second-order valence-corrected chi connectivity index (χ2v) is 6.82. The van der Waals surface area contributed by atoms with Crippen LogP contribution in [-0.4, -0.2) is 39.8 Å². The molecule has 1 aliphatic carbocycles. The number of rotatable bonds is 6. The van der Waals surface area contributed by atoms with Gasteiger partial charge in [0.25, 0.3) is 0 Å². The number of hydrogen-bond donors (Lipinski definition) is 4. The predicted molar refractivity (Wildman–Crippen MR) is 101 cm³/mol. The first-order valence-corrected chi connectivity index (χ1v) is 8.84. The van der Waals surface area contributed by atoms with E-state index in [0.29, 0.717) is 5.69 Å². The van der Waals surface area contributed by atoms with Gasteiger partial charge in [-0.2, -0.15) is 5.10 Å². The number of aliphatic hydroxyl groups excluding tert-OH is 1. The highest BCUT2D eigenvalue weighted by atomic mass is 16.3. The van der Waals surface area contributed by atoms with Crippen LogP contribution in [0.1, 0.15) is 18.4 Å². The molecule has 0 spiro atoms. The minimum Gasteiger partial charge on any atom is -0.394 e. The van der Waals surface area contributed by atoms with Crippen LogP contribution in [0.2, 0.25) is 0 Å². The van der Waals surface area contributed by atoms with E-state index in [-0.39, 0.29) is 5.91 Å². The Morgan fingerprint density at radius 1 is 1.19 bits per heavy atom. The molecule has 1 fully saturated rings. The lowest BCUT2D eigenvalue weighted by atomic mass is 9.94. The zero-order valence-corrected chi connectivity index (χ0v) is 14.6. The molecule has 1 heterocycles. The molecule has 1 atom stereocenters. The third kappa shape index (κ3) is 3.29. The van der Waals surface area contributed by atoms with Crippen molar-refractivity contribution in [2.24, 2.45) is 0 Å². The summed E-state index contributed by atoms with van der Waals surface area (Å²) in [6.07, 6.45) is 3.16. The third-order valence-corrected chi connectivity index (χ3v) is 5.02. The number of hydrogen-bond acceptors (Lipinski definition) is 4. The Labute approximate surface area is 155 Å². The smallest absolute Gasteiger partial charge is 0.249 e. The number of aromatic nitrogens is 2. The molecule has 1 aliphatic rings. The van der Waals surface area contributed by atoms with Crippen molar-refractivity contribution in [3.63, 3.8) is 0 Å². The average molecular weight is 364 g/mol. The molecule has 3 aromatic rings. The summed E-state index contributed by atoms with van der Waals surface area (Å²) in [5.41, 5.74) is 1.69. The van der Waals surface area contributed by atoms with Gasteiger partial charge in [-0.15, -0.1) is 0 Å². The first kappa shape index (κ1) is 17.2. The highest BCUT2D eigenvalue weighted by molar-refractivity contribution is 6.00. The summed E-state index contributed by atoms with van der Waals surface area (Å²) in [5, 5.41) is 22.8. The summed E-state index contributed by atoms with van der Waals surface area (Å²) >= 11 is 0. The molecule has 138 valence electrons. The summed E-state index contributed by atoms with van der Waals surface area (Å²) in [6.45, 7) is -0.477. The van der Waals surface area contributed by atoms with E-state index >= 15 is 0 Å². The van der Waals surface area contributed by atoms with E-state index < -0.39 is 24.0 Å². The van der Waals surface area contributed by atoms with Crippen LogP contribution < -0.4 is 10.6 Å². The fourth-order valence-electron chi connectivity index (χ4n) is 3.26. The van der Waals surface area contributed by atoms with E-state index in [9.17, 15) is 14.7 Å². The molecule has 1 unspecified atom stereocenters. The molecule has 0 radical (unpaired) electrons. The van der Waals surface area contributed by atoms with Gasteiger partial charge in [-0.3, -0.25) is 14.7 Å². The van der Waals surface area contributed by atoms with Gasteiger partial charge in [0.15, 0.2) is 0 Å². The Balaban J connectivity index is 1.45. The Hall–Kier alpha value is -3.19. The van der Waals surface area contributed by atoms with Gasteiger partial charge in [-0.05, 0) is 36.6 Å². The predicted octanol–water partition coefficient (Wildman–Crippen LogP) is 1.71. The van der Waals surface area contributed by atoms with Crippen molar-refractivity contribution in [3.8, 4) is 0 Å². The quantitative estimate of drug-likeness (QED) is 0.534. The van der Waals surface area contributed by atoms with E-state index in [0.717, 1.165) is 29.3 Å². The van der Waals surface area contributed by atoms with Gasteiger partial charge in [0.2, 0.25) is 11.8 Å². The lowest BCUT2D eigenvalue weighted by Crippen LogP contribution is -2.49. The maximum Gasteiger partial charge on any atom is 0.249 e. The number of fused-ring (bicyclic) bond motifs is 1. The highest BCUT2D eigenvalue weighted by Crippen LogP contribution is 2.48. The van der Waals surface area contributed by atoms with Crippen LogP contribution in [0.3, 0.4) is 0 Å². The summed E-state index contributed by atoms with van der Waals surface area (Å²) < 4.78 is 0. The normalized spacial score (nSPS) is 15.9. The van der Waals surface area contributed by atoms with Crippen molar-refractivity contribution >= 4 is 28.4 Å². The summed E-state index contributed by atoms with van der Waals surface area (Å²) in [5.74, 6) is -0.694. The lowest BCUT2D eigenvalue weighted by molar-refractivity contribution is -0.129. The van der Waals surface area contributed by atoms with Gasteiger partial charge in [-0.25, -0.2) is 0 Å². The standard InChI is InChI=1S/C20H20N4O3/c25-12-17(18(26)22-15-7-6-13-11-21-24-16(13)10-15)23-19(27)20(8-9-20)14-4-2-1-3-5-14/h1-7,10-11,17,25H,8-9,12H2,(H,21,24)(H,22,26)(H,23,27). The Morgan fingerprint density at radius 3 is 2.67 bits per heavy atom. The third-order valence-electron chi connectivity index (χ3n) is 5.02. The van der Waals surface area contributed by atoms with Gasteiger partial charge in [0, 0.05) is 11.1 Å². The number of nitrogens with one attached hydrogen (secondary N) is 3. The minimum atomic E-state index is -1.02. The van der Waals surface area contributed by atoms with Crippen LogP contribution in [0.4, 0.5) is 5.69 Å². The topological polar surface area (TPSA) is 107 Å². The number of nitrogens with zero attached hydrogens (tertiary/aromatic N) is 1. The molecule has 0 saturated heterocycles. The molecule has 4 N–H and O–H groups in total. The van der Waals surface area contributed by atoms with Crippen molar-refractivity contribution in [1.82, 2.24) is 15.5 Å². The molecule has 2 aromatic carbocycles.